The van der Waals surface area contributed by atoms with Crippen molar-refractivity contribution in [3.8, 4) is 0 Å². The molecule has 14 heavy (non-hydrogen) atoms. The zero-order chi connectivity index (χ0) is 9.80. The van der Waals surface area contributed by atoms with Crippen LogP contribution in [0.15, 0.2) is 46.0 Å². The number of pyridine rings is 1. The summed E-state index contributed by atoms with van der Waals surface area (Å²) >= 11 is 1.61. The van der Waals surface area contributed by atoms with Gasteiger partial charge in [0, 0.05) is 0 Å². The van der Waals surface area contributed by atoms with Crippen LogP contribution in [0.4, 0.5) is 5.82 Å². The second-order valence-corrected chi connectivity index (χ2v) is 3.76. The van der Waals surface area contributed by atoms with Crippen LogP contribution in [-0.4, -0.2) is 4.98 Å². The number of aromatic nitrogens is 1. The highest BCUT2D eigenvalue weighted by Crippen LogP contribution is 2.21. The molecule has 0 aliphatic heterocycles. The van der Waals surface area contributed by atoms with E-state index < -0.39 is 0 Å². The minimum Gasteiger partial charge on any atom is -0.468 e. The molecule has 0 radical (unpaired) electrons. The fraction of sp³-hybridized carbons (Fsp3) is 0.100. The fourth-order valence-corrected chi connectivity index (χ4v) is 1.85. The van der Waals surface area contributed by atoms with Crippen molar-refractivity contribution in [3.63, 3.8) is 0 Å². The lowest BCUT2D eigenvalue weighted by Gasteiger charge is -1.98. The van der Waals surface area contributed by atoms with E-state index in [0.29, 0.717) is 5.82 Å². The topological polar surface area (TPSA) is 52.0 Å². The Hall–Kier alpha value is -1.42. The molecule has 0 saturated carbocycles. The molecule has 0 amide bonds. The Morgan fingerprint density at radius 1 is 1.29 bits per heavy atom. The van der Waals surface area contributed by atoms with Crippen LogP contribution in [0.2, 0.25) is 0 Å². The van der Waals surface area contributed by atoms with Gasteiger partial charge >= 0.3 is 0 Å². The van der Waals surface area contributed by atoms with Gasteiger partial charge in [0.15, 0.2) is 0 Å². The van der Waals surface area contributed by atoms with Crippen LogP contribution in [0.25, 0.3) is 0 Å². The SMILES string of the molecule is Nc1cccc(SCc2ccco2)n1. The number of nitrogens with two attached hydrogens (primary N) is 1. The molecule has 0 fully saturated rings. The van der Waals surface area contributed by atoms with E-state index in [1.54, 1.807) is 24.1 Å². The molecule has 3 nitrogen and oxygen atoms in total. The van der Waals surface area contributed by atoms with Gasteiger partial charge < -0.3 is 10.2 Å². The Morgan fingerprint density at radius 3 is 2.93 bits per heavy atom. The highest BCUT2D eigenvalue weighted by molar-refractivity contribution is 7.98. The Bertz CT molecular complexity index is 400. The van der Waals surface area contributed by atoms with E-state index in [2.05, 4.69) is 4.98 Å². The Labute approximate surface area is 86.3 Å². The molecule has 2 heterocycles. The molecule has 0 spiro atoms. The van der Waals surface area contributed by atoms with Gasteiger partial charge in [0.05, 0.1) is 17.0 Å². The maximum atomic E-state index is 5.56. The Kier molecular flexibility index (Phi) is 2.74. The van der Waals surface area contributed by atoms with Crippen LogP contribution in [0.1, 0.15) is 5.76 Å². The molecule has 72 valence electrons. The highest BCUT2D eigenvalue weighted by atomic mass is 32.2. The molecule has 2 rings (SSSR count). The molecule has 0 saturated heterocycles. The summed E-state index contributed by atoms with van der Waals surface area (Å²) in [5, 5.41) is 0.918. The molecule has 4 heteroatoms. The van der Waals surface area contributed by atoms with Gasteiger partial charge in [-0.2, -0.15) is 0 Å². The number of rotatable bonds is 3. The van der Waals surface area contributed by atoms with E-state index in [1.165, 1.54) is 0 Å². The van der Waals surface area contributed by atoms with E-state index in [9.17, 15) is 0 Å². The second-order valence-electron chi connectivity index (χ2n) is 2.77. The number of thioether (sulfide) groups is 1. The number of hydrogen-bond donors (Lipinski definition) is 1. The van der Waals surface area contributed by atoms with Crippen LogP contribution in [0.5, 0.6) is 0 Å². The second kappa shape index (κ2) is 4.19. The molecule has 0 aliphatic carbocycles. The summed E-state index contributed by atoms with van der Waals surface area (Å²) in [6.45, 7) is 0. The first kappa shape index (κ1) is 9.15. The van der Waals surface area contributed by atoms with Crippen LogP contribution < -0.4 is 5.73 Å². The number of anilines is 1. The monoisotopic (exact) mass is 206 g/mol. The van der Waals surface area contributed by atoms with Gasteiger partial charge in [-0.15, -0.1) is 0 Å². The largest absolute Gasteiger partial charge is 0.468 e. The molecular formula is C10H10N2OS. The van der Waals surface area contributed by atoms with Gasteiger partial charge in [0.1, 0.15) is 11.6 Å². The first-order valence-corrected chi connectivity index (χ1v) is 5.21. The Balaban J connectivity index is 1.98. The standard InChI is InChI=1S/C10H10N2OS/c11-9-4-1-5-10(12-9)14-7-8-3-2-6-13-8/h1-6H,7H2,(H2,11,12). The van der Waals surface area contributed by atoms with Gasteiger partial charge in [-0.05, 0) is 24.3 Å². The molecular weight excluding hydrogens is 196 g/mol. The summed E-state index contributed by atoms with van der Waals surface area (Å²) in [5.74, 6) is 2.28. The van der Waals surface area contributed by atoms with Crippen molar-refractivity contribution in [2.45, 2.75) is 10.8 Å². The molecule has 2 aromatic heterocycles. The third-order valence-corrected chi connectivity index (χ3v) is 2.64. The summed E-state index contributed by atoms with van der Waals surface area (Å²) in [5.41, 5.74) is 5.56. The van der Waals surface area contributed by atoms with Crippen molar-refractivity contribution in [2.75, 3.05) is 5.73 Å². The molecule has 0 aliphatic rings. The van der Waals surface area contributed by atoms with Crippen molar-refractivity contribution in [3.05, 3.63) is 42.4 Å². The van der Waals surface area contributed by atoms with Gasteiger partial charge in [-0.25, -0.2) is 4.98 Å². The quantitative estimate of drug-likeness (QED) is 0.784. The van der Waals surface area contributed by atoms with Gasteiger partial charge in [0.25, 0.3) is 0 Å². The van der Waals surface area contributed by atoms with Gasteiger partial charge in [0.2, 0.25) is 0 Å². The number of nitrogens with zero attached hydrogens (tertiary/aromatic N) is 1. The lowest BCUT2D eigenvalue weighted by molar-refractivity contribution is 0.530. The van der Waals surface area contributed by atoms with E-state index in [4.69, 9.17) is 10.2 Å². The predicted molar refractivity (Wildman–Crippen MR) is 56.9 cm³/mol. The molecule has 2 aromatic rings. The Morgan fingerprint density at radius 2 is 2.21 bits per heavy atom. The molecule has 0 unspecified atom stereocenters. The number of hydrogen-bond acceptors (Lipinski definition) is 4. The van der Waals surface area contributed by atoms with Crippen molar-refractivity contribution in [1.82, 2.24) is 4.98 Å². The number of nitrogen functional groups attached to an aromatic ring is 1. The van der Waals surface area contributed by atoms with Crippen LogP contribution in [0.3, 0.4) is 0 Å². The maximum absolute atomic E-state index is 5.56. The molecule has 0 bridgehead atoms. The minimum absolute atomic E-state index is 0.550. The normalized spacial score (nSPS) is 10.3. The third-order valence-electron chi connectivity index (χ3n) is 1.69. The lowest BCUT2D eigenvalue weighted by atomic mass is 10.5. The lowest BCUT2D eigenvalue weighted by Crippen LogP contribution is -1.90. The van der Waals surface area contributed by atoms with Crippen LogP contribution in [-0.2, 0) is 5.75 Å². The van der Waals surface area contributed by atoms with Crippen molar-refractivity contribution < 1.29 is 4.42 Å². The molecule has 2 N–H and O–H groups in total. The molecule has 0 aromatic carbocycles. The van der Waals surface area contributed by atoms with Crippen LogP contribution >= 0.6 is 11.8 Å². The summed E-state index contributed by atoms with van der Waals surface area (Å²) in [6, 6.07) is 9.43. The summed E-state index contributed by atoms with van der Waals surface area (Å²) < 4.78 is 5.21. The first-order valence-electron chi connectivity index (χ1n) is 4.22. The predicted octanol–water partition coefficient (Wildman–Crippen LogP) is 2.55. The van der Waals surface area contributed by atoms with E-state index in [-0.39, 0.29) is 0 Å². The van der Waals surface area contributed by atoms with E-state index in [0.717, 1.165) is 16.5 Å². The van der Waals surface area contributed by atoms with Crippen LogP contribution in [0, 0.1) is 0 Å². The van der Waals surface area contributed by atoms with Crippen molar-refractivity contribution in [1.29, 1.82) is 0 Å². The fourth-order valence-electron chi connectivity index (χ4n) is 1.05. The van der Waals surface area contributed by atoms with E-state index in [1.807, 2.05) is 24.3 Å². The summed E-state index contributed by atoms with van der Waals surface area (Å²) in [4.78, 5) is 4.17. The third kappa shape index (κ3) is 2.29. The van der Waals surface area contributed by atoms with Crippen molar-refractivity contribution in [2.24, 2.45) is 0 Å². The molecule has 0 atom stereocenters. The average molecular weight is 206 g/mol. The van der Waals surface area contributed by atoms with E-state index >= 15 is 0 Å². The van der Waals surface area contributed by atoms with Crippen molar-refractivity contribution >= 4 is 17.6 Å². The number of furan rings is 1. The zero-order valence-corrected chi connectivity index (χ0v) is 8.33. The smallest absolute Gasteiger partial charge is 0.124 e. The van der Waals surface area contributed by atoms with Gasteiger partial charge in [-0.1, -0.05) is 17.8 Å². The minimum atomic E-state index is 0.550. The summed E-state index contributed by atoms with van der Waals surface area (Å²) in [6.07, 6.45) is 1.67. The van der Waals surface area contributed by atoms with Gasteiger partial charge in [-0.3, -0.25) is 0 Å². The highest BCUT2D eigenvalue weighted by Gasteiger charge is 1.99. The maximum Gasteiger partial charge on any atom is 0.124 e. The zero-order valence-electron chi connectivity index (χ0n) is 7.51. The summed E-state index contributed by atoms with van der Waals surface area (Å²) in [7, 11) is 0. The average Bonchev–Trinajstić information content (AvgIpc) is 2.67. The first-order chi connectivity index (χ1) is 6.84.